The van der Waals surface area contributed by atoms with Gasteiger partial charge in [-0.25, -0.2) is 4.98 Å². The molecule has 0 saturated heterocycles. The van der Waals surface area contributed by atoms with Gasteiger partial charge in [0.25, 0.3) is 0 Å². The zero-order valence-electron chi connectivity index (χ0n) is 17.7. The highest BCUT2D eigenvalue weighted by molar-refractivity contribution is 6.12. The van der Waals surface area contributed by atoms with Gasteiger partial charge in [-0.15, -0.1) is 0 Å². The van der Waals surface area contributed by atoms with Crippen molar-refractivity contribution in [3.8, 4) is 5.88 Å². The Balaban J connectivity index is 2.05. The highest BCUT2D eigenvalue weighted by Gasteiger charge is 2.21. The largest absolute Gasteiger partial charge is 0.481 e. The number of para-hydroxylation sites is 1. The molecule has 0 unspecified atom stereocenters. The molecule has 30 heavy (non-hydrogen) atoms. The molecule has 0 atom stereocenters. The SMILES string of the molecule is COc1cc(N)c(N(CCCN(C)C)c2ccccc2C(=O)c2ccccc2)cn1. The van der Waals surface area contributed by atoms with Crippen LogP contribution in [-0.2, 0) is 0 Å². The van der Waals surface area contributed by atoms with E-state index in [2.05, 4.69) is 14.8 Å². The predicted molar refractivity (Wildman–Crippen MR) is 122 cm³/mol. The Morgan fingerprint density at radius 3 is 2.37 bits per heavy atom. The molecular weight excluding hydrogens is 376 g/mol. The van der Waals surface area contributed by atoms with Crippen molar-refractivity contribution >= 4 is 22.8 Å². The van der Waals surface area contributed by atoms with Crippen molar-refractivity contribution in [2.24, 2.45) is 0 Å². The minimum Gasteiger partial charge on any atom is -0.481 e. The lowest BCUT2D eigenvalue weighted by Gasteiger charge is -2.28. The first-order valence-corrected chi connectivity index (χ1v) is 9.92. The molecule has 0 saturated carbocycles. The molecule has 1 aromatic heterocycles. The van der Waals surface area contributed by atoms with Gasteiger partial charge in [-0.3, -0.25) is 4.79 Å². The number of carbonyl (C=O) groups is 1. The summed E-state index contributed by atoms with van der Waals surface area (Å²) in [5.74, 6) is 0.432. The van der Waals surface area contributed by atoms with E-state index in [0.29, 0.717) is 29.2 Å². The average molecular weight is 405 g/mol. The number of methoxy groups -OCH3 is 1. The van der Waals surface area contributed by atoms with E-state index in [9.17, 15) is 4.79 Å². The zero-order chi connectivity index (χ0) is 21.5. The van der Waals surface area contributed by atoms with Crippen LogP contribution in [0.2, 0.25) is 0 Å². The number of hydrogen-bond donors (Lipinski definition) is 1. The van der Waals surface area contributed by atoms with Gasteiger partial charge in [-0.1, -0.05) is 42.5 Å². The average Bonchev–Trinajstić information content (AvgIpc) is 2.77. The number of nitrogens with zero attached hydrogens (tertiary/aromatic N) is 3. The second-order valence-corrected chi connectivity index (χ2v) is 7.31. The molecule has 0 amide bonds. The number of ketones is 1. The zero-order valence-corrected chi connectivity index (χ0v) is 17.7. The summed E-state index contributed by atoms with van der Waals surface area (Å²) in [7, 11) is 5.64. The number of nitrogens with two attached hydrogens (primary N) is 1. The van der Waals surface area contributed by atoms with Crippen LogP contribution in [0, 0.1) is 0 Å². The minimum absolute atomic E-state index is 0.0242. The number of carbonyl (C=O) groups excluding carboxylic acids is 1. The smallest absolute Gasteiger partial charge is 0.215 e. The van der Waals surface area contributed by atoms with Gasteiger partial charge in [-0.05, 0) is 39.2 Å². The van der Waals surface area contributed by atoms with Gasteiger partial charge in [0.2, 0.25) is 5.88 Å². The molecule has 0 bridgehead atoms. The molecule has 2 N–H and O–H groups in total. The summed E-state index contributed by atoms with van der Waals surface area (Å²) < 4.78 is 5.20. The number of benzene rings is 2. The second-order valence-electron chi connectivity index (χ2n) is 7.31. The van der Waals surface area contributed by atoms with Crippen LogP contribution in [0.3, 0.4) is 0 Å². The van der Waals surface area contributed by atoms with Gasteiger partial charge in [-0.2, -0.15) is 0 Å². The van der Waals surface area contributed by atoms with Crippen molar-refractivity contribution in [2.75, 3.05) is 44.9 Å². The fourth-order valence-electron chi connectivity index (χ4n) is 3.34. The Kier molecular flexibility index (Phi) is 7.03. The Labute approximate surface area is 177 Å². The van der Waals surface area contributed by atoms with E-state index in [-0.39, 0.29) is 5.78 Å². The molecule has 6 nitrogen and oxygen atoms in total. The Morgan fingerprint density at radius 2 is 1.70 bits per heavy atom. The number of rotatable bonds is 9. The van der Waals surface area contributed by atoms with Crippen molar-refractivity contribution in [1.82, 2.24) is 9.88 Å². The van der Waals surface area contributed by atoms with Gasteiger partial charge in [0.1, 0.15) is 0 Å². The van der Waals surface area contributed by atoms with Crippen LogP contribution >= 0.6 is 0 Å². The quantitative estimate of drug-likeness (QED) is 0.544. The summed E-state index contributed by atoms with van der Waals surface area (Å²) in [6.45, 7) is 1.60. The van der Waals surface area contributed by atoms with Gasteiger partial charge in [0, 0.05) is 23.7 Å². The number of ether oxygens (including phenoxy) is 1. The molecule has 3 rings (SSSR count). The van der Waals surface area contributed by atoms with Crippen molar-refractivity contribution in [3.63, 3.8) is 0 Å². The standard InChI is InChI=1S/C24H28N4O2/c1-27(2)14-9-15-28(22-17-26-23(30-3)16-20(22)25)21-13-8-7-12-19(21)24(29)18-10-5-4-6-11-18/h4-8,10-13,16-17H,9,14-15H2,1-3H3,(H2,25,26). The summed E-state index contributed by atoms with van der Waals surface area (Å²) in [5.41, 5.74) is 9.74. The van der Waals surface area contributed by atoms with Crippen molar-refractivity contribution < 1.29 is 9.53 Å². The lowest BCUT2D eigenvalue weighted by Crippen LogP contribution is -2.25. The van der Waals surface area contributed by atoms with E-state index >= 15 is 0 Å². The van der Waals surface area contributed by atoms with E-state index < -0.39 is 0 Å². The molecule has 0 radical (unpaired) electrons. The molecule has 0 aliphatic rings. The topological polar surface area (TPSA) is 71.7 Å². The predicted octanol–water partition coefficient (Wildman–Crippen LogP) is 3.99. The highest BCUT2D eigenvalue weighted by atomic mass is 16.5. The normalized spacial score (nSPS) is 10.8. The van der Waals surface area contributed by atoms with Crippen LogP contribution in [0.4, 0.5) is 17.1 Å². The Hall–Kier alpha value is -3.38. The van der Waals surface area contributed by atoms with Crippen molar-refractivity contribution in [3.05, 3.63) is 78.0 Å². The Bertz CT molecular complexity index is 990. The number of aromatic nitrogens is 1. The first-order chi connectivity index (χ1) is 14.5. The third kappa shape index (κ3) is 4.96. The summed E-state index contributed by atoms with van der Waals surface area (Å²) in [5, 5.41) is 0. The van der Waals surface area contributed by atoms with Crippen LogP contribution in [0.25, 0.3) is 0 Å². The molecule has 6 heteroatoms. The van der Waals surface area contributed by atoms with E-state index in [1.165, 1.54) is 0 Å². The van der Waals surface area contributed by atoms with E-state index in [4.69, 9.17) is 10.5 Å². The van der Waals surface area contributed by atoms with Crippen LogP contribution in [0.1, 0.15) is 22.3 Å². The van der Waals surface area contributed by atoms with Gasteiger partial charge in [0.05, 0.1) is 30.4 Å². The maximum Gasteiger partial charge on any atom is 0.215 e. The summed E-state index contributed by atoms with van der Waals surface area (Å²) >= 11 is 0. The lowest BCUT2D eigenvalue weighted by atomic mass is 10.0. The van der Waals surface area contributed by atoms with Crippen LogP contribution < -0.4 is 15.4 Å². The Morgan fingerprint density at radius 1 is 1.00 bits per heavy atom. The molecule has 0 fully saturated rings. The van der Waals surface area contributed by atoms with Crippen molar-refractivity contribution in [1.29, 1.82) is 0 Å². The molecule has 0 aliphatic carbocycles. The van der Waals surface area contributed by atoms with Crippen LogP contribution in [0.5, 0.6) is 5.88 Å². The number of pyridine rings is 1. The van der Waals surface area contributed by atoms with E-state index in [1.807, 2.05) is 68.7 Å². The number of anilines is 3. The molecule has 156 valence electrons. The van der Waals surface area contributed by atoms with Gasteiger partial charge in [0.15, 0.2) is 5.78 Å². The molecule has 0 aliphatic heterocycles. The first-order valence-electron chi connectivity index (χ1n) is 9.92. The van der Waals surface area contributed by atoms with Crippen LogP contribution in [0.15, 0.2) is 66.9 Å². The minimum atomic E-state index is -0.0242. The maximum absolute atomic E-state index is 13.3. The fourth-order valence-corrected chi connectivity index (χ4v) is 3.34. The molecule has 0 spiro atoms. The fraction of sp³-hybridized carbons (Fsp3) is 0.250. The molecular formula is C24H28N4O2. The van der Waals surface area contributed by atoms with E-state index in [0.717, 1.165) is 24.3 Å². The monoisotopic (exact) mass is 404 g/mol. The molecule has 1 heterocycles. The van der Waals surface area contributed by atoms with Crippen LogP contribution in [-0.4, -0.2) is 50.0 Å². The summed E-state index contributed by atoms with van der Waals surface area (Å²) in [6, 6.07) is 18.6. The second kappa shape index (κ2) is 9.89. The highest BCUT2D eigenvalue weighted by Crippen LogP contribution is 2.34. The van der Waals surface area contributed by atoms with E-state index in [1.54, 1.807) is 19.4 Å². The summed E-state index contributed by atoms with van der Waals surface area (Å²) in [4.78, 5) is 21.8. The number of hydrogen-bond acceptors (Lipinski definition) is 6. The lowest BCUT2D eigenvalue weighted by molar-refractivity contribution is 0.103. The maximum atomic E-state index is 13.3. The molecule has 3 aromatic rings. The third-order valence-electron chi connectivity index (χ3n) is 4.85. The molecule has 2 aromatic carbocycles. The summed E-state index contributed by atoms with van der Waals surface area (Å²) in [6.07, 6.45) is 2.60. The van der Waals surface area contributed by atoms with Crippen molar-refractivity contribution in [2.45, 2.75) is 6.42 Å². The number of nitrogen functional groups attached to an aromatic ring is 1. The van der Waals surface area contributed by atoms with Gasteiger partial charge < -0.3 is 20.3 Å². The van der Waals surface area contributed by atoms with Gasteiger partial charge >= 0.3 is 0 Å². The first kappa shape index (κ1) is 21.3. The third-order valence-corrected chi connectivity index (χ3v) is 4.85.